The number of hydrogen-bond donors (Lipinski definition) is 2. The Morgan fingerprint density at radius 1 is 1.38 bits per heavy atom. The molecular weight excluding hydrogens is 272 g/mol. The van der Waals surface area contributed by atoms with Gasteiger partial charge in [-0.05, 0) is 28.1 Å². The van der Waals surface area contributed by atoms with Crippen LogP contribution in [0.2, 0.25) is 0 Å². The predicted octanol–water partition coefficient (Wildman–Crippen LogP) is 2.56. The van der Waals surface area contributed by atoms with E-state index in [2.05, 4.69) is 31.1 Å². The fraction of sp³-hybridized carbons (Fsp3) is 0. The second-order valence-electron chi connectivity index (χ2n) is 3.31. The molecule has 0 atom stereocenters. The lowest BCUT2D eigenvalue weighted by molar-refractivity contribution is 0.614. The molecular formula is C10H7BrN4O. The van der Waals surface area contributed by atoms with Gasteiger partial charge in [-0.1, -0.05) is 6.07 Å². The maximum absolute atomic E-state index is 5.61. The maximum atomic E-state index is 5.61. The van der Waals surface area contributed by atoms with Gasteiger partial charge in [-0.15, -0.1) is 0 Å². The van der Waals surface area contributed by atoms with Crippen molar-refractivity contribution >= 4 is 32.8 Å². The van der Waals surface area contributed by atoms with Gasteiger partial charge in [0.2, 0.25) is 5.89 Å². The van der Waals surface area contributed by atoms with E-state index in [4.69, 9.17) is 10.2 Å². The molecule has 0 unspecified atom stereocenters. The molecule has 0 aliphatic rings. The quantitative estimate of drug-likeness (QED) is 0.717. The van der Waals surface area contributed by atoms with E-state index in [1.165, 1.54) is 0 Å². The number of para-hydroxylation sites is 1. The Bertz CT molecular complexity index is 658. The van der Waals surface area contributed by atoms with Crippen molar-refractivity contribution in [3.05, 3.63) is 28.7 Å². The van der Waals surface area contributed by atoms with Crippen LogP contribution in [0.4, 0.5) is 5.82 Å². The Hall–Kier alpha value is -1.82. The number of halogens is 1. The molecule has 3 N–H and O–H groups in total. The Kier molecular flexibility index (Phi) is 1.97. The first-order valence-corrected chi connectivity index (χ1v) is 5.39. The minimum Gasteiger partial charge on any atom is -0.433 e. The first-order chi connectivity index (χ1) is 7.74. The highest BCUT2D eigenvalue weighted by atomic mass is 79.9. The molecule has 2 heterocycles. The number of nitrogen functional groups attached to an aromatic ring is 1. The average molecular weight is 279 g/mol. The maximum Gasteiger partial charge on any atom is 0.245 e. The van der Waals surface area contributed by atoms with Gasteiger partial charge in [-0.2, -0.15) is 5.10 Å². The summed E-state index contributed by atoms with van der Waals surface area (Å²) in [5.41, 5.74) is 7.69. The Labute approximate surface area is 98.8 Å². The second-order valence-corrected chi connectivity index (χ2v) is 4.17. The van der Waals surface area contributed by atoms with E-state index in [0.29, 0.717) is 23.0 Å². The zero-order valence-electron chi connectivity index (χ0n) is 8.07. The number of H-pyrrole nitrogens is 1. The van der Waals surface area contributed by atoms with Crippen LogP contribution in [0.1, 0.15) is 0 Å². The highest BCUT2D eigenvalue weighted by Crippen LogP contribution is 2.28. The van der Waals surface area contributed by atoms with E-state index >= 15 is 0 Å². The van der Waals surface area contributed by atoms with Gasteiger partial charge in [0.25, 0.3) is 0 Å². The summed E-state index contributed by atoms with van der Waals surface area (Å²) in [6, 6.07) is 7.37. The topological polar surface area (TPSA) is 80.7 Å². The highest BCUT2D eigenvalue weighted by Gasteiger charge is 2.11. The zero-order chi connectivity index (χ0) is 11.1. The lowest BCUT2D eigenvalue weighted by Crippen LogP contribution is -1.81. The smallest absolute Gasteiger partial charge is 0.245 e. The van der Waals surface area contributed by atoms with Crippen molar-refractivity contribution in [3.8, 4) is 11.6 Å². The molecule has 80 valence electrons. The third kappa shape index (κ3) is 1.38. The SMILES string of the molecule is Nc1cc(-c2nc3cccc(Br)c3o2)[nH]n1. The summed E-state index contributed by atoms with van der Waals surface area (Å²) < 4.78 is 6.48. The number of fused-ring (bicyclic) bond motifs is 1. The first-order valence-electron chi connectivity index (χ1n) is 4.60. The summed E-state index contributed by atoms with van der Waals surface area (Å²) in [5, 5.41) is 6.58. The number of hydrogen-bond acceptors (Lipinski definition) is 4. The number of nitrogens with one attached hydrogen (secondary N) is 1. The van der Waals surface area contributed by atoms with E-state index in [-0.39, 0.29) is 0 Å². The third-order valence-electron chi connectivity index (χ3n) is 2.20. The summed E-state index contributed by atoms with van der Waals surface area (Å²) >= 11 is 3.40. The number of aromatic nitrogens is 3. The number of nitrogens with zero attached hydrogens (tertiary/aromatic N) is 2. The van der Waals surface area contributed by atoms with Crippen molar-refractivity contribution in [2.45, 2.75) is 0 Å². The number of anilines is 1. The van der Waals surface area contributed by atoms with Gasteiger partial charge in [0.1, 0.15) is 17.0 Å². The minimum absolute atomic E-state index is 0.413. The van der Waals surface area contributed by atoms with Crippen molar-refractivity contribution in [2.75, 3.05) is 5.73 Å². The van der Waals surface area contributed by atoms with Crippen molar-refractivity contribution in [2.24, 2.45) is 0 Å². The summed E-state index contributed by atoms with van der Waals surface area (Å²) in [4.78, 5) is 4.33. The molecule has 3 rings (SSSR count). The molecule has 0 amide bonds. The van der Waals surface area contributed by atoms with Crippen molar-refractivity contribution in [1.29, 1.82) is 0 Å². The van der Waals surface area contributed by atoms with Gasteiger partial charge in [0, 0.05) is 6.07 Å². The van der Waals surface area contributed by atoms with Crippen LogP contribution in [0, 0.1) is 0 Å². The second kappa shape index (κ2) is 3.34. The first kappa shape index (κ1) is 9.41. The Morgan fingerprint density at radius 3 is 2.94 bits per heavy atom. The van der Waals surface area contributed by atoms with E-state index in [1.807, 2.05) is 18.2 Å². The standard InChI is InChI=1S/C10H7BrN4O/c11-5-2-1-3-6-9(5)16-10(13-6)7-4-8(12)15-14-7/h1-4H,(H3,12,14,15). The summed E-state index contributed by atoms with van der Waals surface area (Å²) in [6.07, 6.45) is 0. The molecule has 0 bridgehead atoms. The third-order valence-corrected chi connectivity index (χ3v) is 2.82. The van der Waals surface area contributed by atoms with Gasteiger partial charge in [0.05, 0.1) is 4.47 Å². The molecule has 1 aromatic carbocycles. The van der Waals surface area contributed by atoms with Gasteiger partial charge in [0.15, 0.2) is 5.58 Å². The van der Waals surface area contributed by atoms with Crippen molar-refractivity contribution < 1.29 is 4.42 Å². The largest absolute Gasteiger partial charge is 0.433 e. The molecule has 2 aromatic heterocycles. The monoisotopic (exact) mass is 278 g/mol. The average Bonchev–Trinajstić information content (AvgIpc) is 2.84. The molecule has 16 heavy (non-hydrogen) atoms. The lowest BCUT2D eigenvalue weighted by Gasteiger charge is -1.88. The molecule has 5 nitrogen and oxygen atoms in total. The molecule has 6 heteroatoms. The van der Waals surface area contributed by atoms with Gasteiger partial charge in [-0.3, -0.25) is 5.10 Å². The van der Waals surface area contributed by atoms with Crippen LogP contribution in [0.3, 0.4) is 0 Å². The molecule has 0 fully saturated rings. The number of rotatable bonds is 1. The Morgan fingerprint density at radius 2 is 2.25 bits per heavy atom. The van der Waals surface area contributed by atoms with Crippen LogP contribution in [0.25, 0.3) is 22.7 Å². The summed E-state index contributed by atoms with van der Waals surface area (Å²) in [6.45, 7) is 0. The highest BCUT2D eigenvalue weighted by molar-refractivity contribution is 9.10. The molecule has 0 spiro atoms. The lowest BCUT2D eigenvalue weighted by atomic mass is 10.3. The molecule has 0 saturated heterocycles. The van der Waals surface area contributed by atoms with Crippen LogP contribution < -0.4 is 5.73 Å². The van der Waals surface area contributed by atoms with Crippen LogP contribution in [0.15, 0.2) is 33.2 Å². The van der Waals surface area contributed by atoms with Gasteiger partial charge < -0.3 is 10.2 Å². The van der Waals surface area contributed by atoms with Crippen molar-refractivity contribution in [3.63, 3.8) is 0 Å². The summed E-state index contributed by atoms with van der Waals surface area (Å²) in [5.74, 6) is 0.891. The normalized spacial score (nSPS) is 11.1. The molecule has 0 aliphatic heterocycles. The van der Waals surface area contributed by atoms with Crippen molar-refractivity contribution in [1.82, 2.24) is 15.2 Å². The van der Waals surface area contributed by atoms with Gasteiger partial charge >= 0.3 is 0 Å². The number of aromatic amines is 1. The minimum atomic E-state index is 0.413. The molecule has 0 aliphatic carbocycles. The van der Waals surface area contributed by atoms with Crippen LogP contribution in [0.5, 0.6) is 0 Å². The molecule has 3 aromatic rings. The van der Waals surface area contributed by atoms with E-state index in [0.717, 1.165) is 9.99 Å². The van der Waals surface area contributed by atoms with Crippen LogP contribution >= 0.6 is 15.9 Å². The van der Waals surface area contributed by atoms with Crippen LogP contribution in [-0.2, 0) is 0 Å². The van der Waals surface area contributed by atoms with E-state index in [9.17, 15) is 0 Å². The fourth-order valence-corrected chi connectivity index (χ4v) is 1.91. The number of benzene rings is 1. The number of oxazole rings is 1. The predicted molar refractivity (Wildman–Crippen MR) is 63.7 cm³/mol. The molecule has 0 radical (unpaired) electrons. The van der Waals surface area contributed by atoms with Gasteiger partial charge in [-0.25, -0.2) is 4.98 Å². The van der Waals surface area contributed by atoms with Crippen LogP contribution in [-0.4, -0.2) is 15.2 Å². The molecule has 0 saturated carbocycles. The number of nitrogens with two attached hydrogens (primary N) is 1. The van der Waals surface area contributed by atoms with E-state index in [1.54, 1.807) is 6.07 Å². The van der Waals surface area contributed by atoms with E-state index < -0.39 is 0 Å². The fourth-order valence-electron chi connectivity index (χ4n) is 1.48. The Balaban J connectivity index is 2.22. The zero-order valence-corrected chi connectivity index (χ0v) is 9.65. The summed E-state index contributed by atoms with van der Waals surface area (Å²) in [7, 11) is 0.